The number of rotatable bonds is 4. The fraction of sp³-hybridized carbons (Fsp3) is 0.0714. The molecule has 0 spiro atoms. The topological polar surface area (TPSA) is 72.2 Å². The highest BCUT2D eigenvalue weighted by atomic mass is 32.2. The van der Waals surface area contributed by atoms with Gasteiger partial charge in [0.25, 0.3) is 10.0 Å². The van der Waals surface area contributed by atoms with Gasteiger partial charge in [0.2, 0.25) is 0 Å². The van der Waals surface area contributed by atoms with Crippen LogP contribution in [0.4, 0.5) is 14.5 Å². The predicted octanol–water partition coefficient (Wildman–Crippen LogP) is 3.79. The van der Waals surface area contributed by atoms with Gasteiger partial charge in [0, 0.05) is 12.1 Å². The van der Waals surface area contributed by atoms with Gasteiger partial charge in [0.15, 0.2) is 17.4 Å². The summed E-state index contributed by atoms with van der Waals surface area (Å²) in [6, 6.07) is 7.45. The lowest BCUT2D eigenvalue weighted by Crippen LogP contribution is -2.11. The maximum atomic E-state index is 13.2. The summed E-state index contributed by atoms with van der Waals surface area (Å²) in [7, 11) is -3.91. The van der Waals surface area contributed by atoms with Crippen LogP contribution in [0.3, 0.4) is 0 Å². The Balaban J connectivity index is 1.88. The Labute approximate surface area is 134 Å². The van der Waals surface area contributed by atoms with Gasteiger partial charge in [-0.3, -0.25) is 4.72 Å². The van der Waals surface area contributed by atoms with Crippen LogP contribution in [-0.2, 0) is 10.0 Å². The molecule has 3 rings (SSSR count). The number of aryl methyl sites for hydroxylation is 1. The largest absolute Gasteiger partial charge is 0.355 e. The van der Waals surface area contributed by atoms with E-state index in [2.05, 4.69) is 9.88 Å². The normalized spacial score (nSPS) is 11.6. The second kappa shape index (κ2) is 5.74. The van der Waals surface area contributed by atoms with Crippen molar-refractivity contribution in [3.05, 3.63) is 53.7 Å². The molecular weight excluding hydrogens is 346 g/mol. The molecule has 0 saturated carbocycles. The fourth-order valence-electron chi connectivity index (χ4n) is 1.84. The number of nitrogens with one attached hydrogen (secondary N) is 1. The number of thiophene rings is 1. The zero-order chi connectivity index (χ0) is 16.6. The summed E-state index contributed by atoms with van der Waals surface area (Å²) in [5.74, 6) is -1.72. The van der Waals surface area contributed by atoms with Crippen LogP contribution in [0, 0.1) is 18.6 Å². The van der Waals surface area contributed by atoms with Gasteiger partial charge >= 0.3 is 0 Å². The van der Waals surface area contributed by atoms with Crippen molar-refractivity contribution in [2.24, 2.45) is 0 Å². The summed E-state index contributed by atoms with van der Waals surface area (Å²) in [6.07, 6.45) is 0. The van der Waals surface area contributed by atoms with E-state index >= 15 is 0 Å². The summed E-state index contributed by atoms with van der Waals surface area (Å²) in [4.78, 5) is 0.594. The zero-order valence-corrected chi connectivity index (χ0v) is 13.3. The van der Waals surface area contributed by atoms with Crippen LogP contribution in [0.25, 0.3) is 10.6 Å². The molecule has 0 bridgehead atoms. The van der Waals surface area contributed by atoms with Crippen molar-refractivity contribution in [2.45, 2.75) is 11.1 Å². The highest BCUT2D eigenvalue weighted by molar-refractivity contribution is 7.94. The van der Waals surface area contributed by atoms with E-state index in [0.29, 0.717) is 16.3 Å². The molecule has 0 amide bonds. The first kappa shape index (κ1) is 15.6. The molecule has 1 N–H and O–H groups in total. The average Bonchev–Trinajstić information content (AvgIpc) is 3.11. The highest BCUT2D eigenvalue weighted by Crippen LogP contribution is 2.32. The lowest BCUT2D eigenvalue weighted by atomic mass is 10.3. The van der Waals surface area contributed by atoms with E-state index in [-0.39, 0.29) is 9.90 Å². The molecule has 2 heterocycles. The van der Waals surface area contributed by atoms with E-state index in [9.17, 15) is 17.2 Å². The molecule has 0 aliphatic carbocycles. The molecule has 0 radical (unpaired) electrons. The van der Waals surface area contributed by atoms with Crippen molar-refractivity contribution in [3.8, 4) is 10.6 Å². The molecule has 23 heavy (non-hydrogen) atoms. The van der Waals surface area contributed by atoms with E-state index in [1.807, 2.05) is 0 Å². The molecule has 0 aliphatic heterocycles. The monoisotopic (exact) mass is 356 g/mol. The van der Waals surface area contributed by atoms with Crippen molar-refractivity contribution in [1.82, 2.24) is 5.16 Å². The molecule has 2 aromatic heterocycles. The number of halogens is 2. The first-order valence-corrected chi connectivity index (χ1v) is 8.66. The lowest BCUT2D eigenvalue weighted by Gasteiger charge is -2.06. The maximum Gasteiger partial charge on any atom is 0.271 e. The number of benzene rings is 1. The van der Waals surface area contributed by atoms with Gasteiger partial charge in [-0.15, -0.1) is 11.3 Å². The van der Waals surface area contributed by atoms with Crippen LogP contribution in [0.5, 0.6) is 0 Å². The van der Waals surface area contributed by atoms with Crippen molar-refractivity contribution in [3.63, 3.8) is 0 Å². The highest BCUT2D eigenvalue weighted by Gasteiger charge is 2.19. The Kier molecular flexibility index (Phi) is 3.90. The Morgan fingerprint density at radius 3 is 2.57 bits per heavy atom. The van der Waals surface area contributed by atoms with Gasteiger partial charge in [-0.25, -0.2) is 17.2 Å². The minimum absolute atomic E-state index is 0.0197. The Morgan fingerprint density at radius 1 is 1.13 bits per heavy atom. The van der Waals surface area contributed by atoms with E-state index in [0.717, 1.165) is 29.5 Å². The minimum atomic E-state index is -3.91. The third-order valence-corrected chi connectivity index (χ3v) is 5.86. The first-order chi connectivity index (χ1) is 10.8. The molecule has 5 nitrogen and oxygen atoms in total. The van der Waals surface area contributed by atoms with Crippen LogP contribution in [0.15, 0.2) is 45.1 Å². The molecule has 0 aliphatic rings. The third kappa shape index (κ3) is 3.25. The van der Waals surface area contributed by atoms with Crippen LogP contribution in [0.1, 0.15) is 5.69 Å². The van der Waals surface area contributed by atoms with Gasteiger partial charge in [-0.1, -0.05) is 5.16 Å². The molecule has 9 heteroatoms. The molecule has 3 aromatic rings. The van der Waals surface area contributed by atoms with Crippen LogP contribution < -0.4 is 4.72 Å². The SMILES string of the molecule is Cc1cc(-c2ccc(S(=O)(=O)Nc3ccc(F)c(F)c3)s2)on1. The Hall–Kier alpha value is -2.26. The lowest BCUT2D eigenvalue weighted by molar-refractivity contribution is 0.428. The minimum Gasteiger partial charge on any atom is -0.355 e. The summed E-state index contributed by atoms with van der Waals surface area (Å²) in [5.41, 5.74) is 0.618. The van der Waals surface area contributed by atoms with E-state index in [1.54, 1.807) is 19.1 Å². The maximum absolute atomic E-state index is 13.2. The number of aromatic nitrogens is 1. The molecule has 0 atom stereocenters. The molecular formula is C14H10F2N2O3S2. The quantitative estimate of drug-likeness (QED) is 0.772. The van der Waals surface area contributed by atoms with Gasteiger partial charge < -0.3 is 4.52 Å². The first-order valence-electron chi connectivity index (χ1n) is 6.36. The Bertz CT molecular complexity index is 964. The van der Waals surface area contributed by atoms with Crippen molar-refractivity contribution in [2.75, 3.05) is 4.72 Å². The number of nitrogens with zero attached hydrogens (tertiary/aromatic N) is 1. The summed E-state index contributed by atoms with van der Waals surface area (Å²) < 4.78 is 57.9. The van der Waals surface area contributed by atoms with Crippen LogP contribution in [0.2, 0.25) is 0 Å². The Morgan fingerprint density at radius 2 is 1.91 bits per heavy atom. The zero-order valence-electron chi connectivity index (χ0n) is 11.7. The van der Waals surface area contributed by atoms with Crippen molar-refractivity contribution >= 4 is 27.0 Å². The van der Waals surface area contributed by atoms with Crippen molar-refractivity contribution < 1.29 is 21.7 Å². The number of hydrogen-bond donors (Lipinski definition) is 1. The molecule has 0 saturated heterocycles. The molecule has 120 valence electrons. The van der Waals surface area contributed by atoms with E-state index in [4.69, 9.17) is 4.52 Å². The van der Waals surface area contributed by atoms with Crippen LogP contribution >= 0.6 is 11.3 Å². The second-order valence-electron chi connectivity index (χ2n) is 4.69. The molecule has 0 unspecified atom stereocenters. The second-order valence-corrected chi connectivity index (χ2v) is 7.68. The van der Waals surface area contributed by atoms with E-state index in [1.165, 1.54) is 6.07 Å². The standard InChI is InChI=1S/C14H10F2N2O3S2/c1-8-6-12(21-17-8)13-4-5-14(22-13)23(19,20)18-9-2-3-10(15)11(16)7-9/h2-7,18H,1H3. The third-order valence-electron chi connectivity index (χ3n) is 2.89. The predicted molar refractivity (Wildman–Crippen MR) is 81.7 cm³/mol. The molecule has 0 fully saturated rings. The van der Waals surface area contributed by atoms with Gasteiger partial charge in [-0.2, -0.15) is 0 Å². The smallest absolute Gasteiger partial charge is 0.271 e. The summed E-state index contributed by atoms with van der Waals surface area (Å²) in [5, 5.41) is 3.74. The number of hydrogen-bond acceptors (Lipinski definition) is 5. The fourth-order valence-corrected chi connectivity index (χ4v) is 4.15. The summed E-state index contributed by atoms with van der Waals surface area (Å²) in [6.45, 7) is 1.75. The van der Waals surface area contributed by atoms with Crippen molar-refractivity contribution in [1.29, 1.82) is 0 Å². The van der Waals surface area contributed by atoms with Gasteiger partial charge in [0.05, 0.1) is 16.3 Å². The van der Waals surface area contributed by atoms with E-state index < -0.39 is 21.7 Å². The number of sulfonamides is 1. The van der Waals surface area contributed by atoms with Gasteiger partial charge in [0.1, 0.15) is 4.21 Å². The van der Waals surface area contributed by atoms with Gasteiger partial charge in [-0.05, 0) is 31.2 Å². The number of anilines is 1. The average molecular weight is 356 g/mol. The summed E-state index contributed by atoms with van der Waals surface area (Å²) >= 11 is 0.981. The van der Waals surface area contributed by atoms with Crippen LogP contribution in [-0.4, -0.2) is 13.6 Å². The molecule has 1 aromatic carbocycles.